The summed E-state index contributed by atoms with van der Waals surface area (Å²) >= 11 is 0. The van der Waals surface area contributed by atoms with Crippen LogP contribution in [-0.4, -0.2) is 42.5 Å². The molecule has 0 bridgehead atoms. The van der Waals surface area contributed by atoms with Gasteiger partial charge in [-0.3, -0.25) is 4.79 Å². The van der Waals surface area contributed by atoms with E-state index < -0.39 is 24.0 Å². The lowest BCUT2D eigenvalue weighted by atomic mass is 10.1. The Kier molecular flexibility index (Phi) is 4.65. The molecule has 0 N–H and O–H groups in total. The molecule has 7 nitrogen and oxygen atoms in total. The average molecular weight is 307 g/mol. The Bertz CT molecular complexity index is 604. The zero-order valence-corrected chi connectivity index (χ0v) is 12.6. The van der Waals surface area contributed by atoms with Crippen LogP contribution in [0.3, 0.4) is 0 Å². The standard InChI is InChI=1S/C15H17NO6/c1-4-21-15(19)11-8-10(14(18)20-3)13(16(11)9(2)17)12-6-5-7-22-12/h5-8,11,13H,4H2,1-3H3/t11-,13+/m1/s1. The van der Waals surface area contributed by atoms with E-state index in [1.54, 1.807) is 19.1 Å². The molecule has 1 aromatic heterocycles. The van der Waals surface area contributed by atoms with E-state index in [1.807, 2.05) is 0 Å². The highest BCUT2D eigenvalue weighted by Gasteiger charge is 2.45. The lowest BCUT2D eigenvalue weighted by Gasteiger charge is -2.28. The number of ether oxygens (including phenoxy) is 2. The first-order valence-corrected chi connectivity index (χ1v) is 6.80. The molecule has 22 heavy (non-hydrogen) atoms. The molecule has 2 heterocycles. The lowest BCUT2D eigenvalue weighted by molar-refractivity contribution is -0.153. The zero-order chi connectivity index (χ0) is 16.3. The summed E-state index contributed by atoms with van der Waals surface area (Å²) in [5.74, 6) is -1.24. The van der Waals surface area contributed by atoms with Crippen LogP contribution in [0.2, 0.25) is 0 Å². The maximum Gasteiger partial charge on any atom is 0.336 e. The molecule has 0 aromatic carbocycles. The van der Waals surface area contributed by atoms with Gasteiger partial charge in [0.15, 0.2) is 0 Å². The van der Waals surface area contributed by atoms with Gasteiger partial charge in [0, 0.05) is 6.92 Å². The van der Waals surface area contributed by atoms with Crippen molar-refractivity contribution in [3.05, 3.63) is 35.8 Å². The Hall–Kier alpha value is -2.57. The molecule has 0 radical (unpaired) electrons. The predicted molar refractivity (Wildman–Crippen MR) is 74.5 cm³/mol. The molecule has 0 saturated heterocycles. The average Bonchev–Trinajstić information content (AvgIpc) is 3.13. The lowest BCUT2D eigenvalue weighted by Crippen LogP contribution is -2.42. The number of carbonyl (C=O) groups is 3. The second kappa shape index (κ2) is 6.46. The minimum atomic E-state index is -0.985. The number of methoxy groups -OCH3 is 1. The molecular weight excluding hydrogens is 290 g/mol. The second-order valence-electron chi connectivity index (χ2n) is 4.65. The SMILES string of the molecule is CCOC(=O)[C@H]1C=C(C(=O)OC)[C@@H](c2ccco2)N1C(C)=O. The summed E-state index contributed by atoms with van der Waals surface area (Å²) in [6, 6.07) is 1.47. The van der Waals surface area contributed by atoms with E-state index in [-0.39, 0.29) is 18.1 Å². The highest BCUT2D eigenvalue weighted by molar-refractivity contribution is 5.96. The Morgan fingerprint density at radius 1 is 1.36 bits per heavy atom. The van der Waals surface area contributed by atoms with E-state index in [4.69, 9.17) is 13.9 Å². The fraction of sp³-hybridized carbons (Fsp3) is 0.400. The van der Waals surface area contributed by atoms with Crippen LogP contribution in [-0.2, 0) is 23.9 Å². The quantitative estimate of drug-likeness (QED) is 0.777. The van der Waals surface area contributed by atoms with Crippen LogP contribution in [0, 0.1) is 0 Å². The van der Waals surface area contributed by atoms with E-state index in [0.717, 1.165) is 0 Å². The van der Waals surface area contributed by atoms with Gasteiger partial charge in [-0.25, -0.2) is 9.59 Å². The van der Waals surface area contributed by atoms with Gasteiger partial charge >= 0.3 is 11.9 Å². The number of hydrogen-bond donors (Lipinski definition) is 0. The smallest absolute Gasteiger partial charge is 0.336 e. The molecule has 1 aliphatic rings. The van der Waals surface area contributed by atoms with E-state index in [2.05, 4.69) is 0 Å². The summed E-state index contributed by atoms with van der Waals surface area (Å²) in [7, 11) is 1.23. The molecule has 1 aliphatic heterocycles. The molecule has 0 unspecified atom stereocenters. The largest absolute Gasteiger partial charge is 0.467 e. The van der Waals surface area contributed by atoms with Crippen molar-refractivity contribution in [2.45, 2.75) is 25.9 Å². The fourth-order valence-corrected chi connectivity index (χ4v) is 2.47. The van der Waals surface area contributed by atoms with Gasteiger partial charge in [0.05, 0.1) is 25.6 Å². The van der Waals surface area contributed by atoms with Crippen molar-refractivity contribution < 1.29 is 28.3 Å². The van der Waals surface area contributed by atoms with Gasteiger partial charge in [-0.05, 0) is 25.1 Å². The minimum absolute atomic E-state index is 0.172. The molecule has 0 spiro atoms. The third-order valence-corrected chi connectivity index (χ3v) is 3.34. The molecule has 7 heteroatoms. The van der Waals surface area contributed by atoms with Crippen LogP contribution in [0.1, 0.15) is 25.6 Å². The molecule has 1 aromatic rings. The van der Waals surface area contributed by atoms with Crippen molar-refractivity contribution >= 4 is 17.8 Å². The molecule has 0 fully saturated rings. The van der Waals surface area contributed by atoms with Crippen LogP contribution in [0.15, 0.2) is 34.5 Å². The van der Waals surface area contributed by atoms with E-state index in [0.29, 0.717) is 5.76 Å². The van der Waals surface area contributed by atoms with Gasteiger partial charge in [-0.2, -0.15) is 0 Å². The first-order chi connectivity index (χ1) is 10.5. The summed E-state index contributed by atoms with van der Waals surface area (Å²) in [5.41, 5.74) is 0.172. The van der Waals surface area contributed by atoms with Crippen LogP contribution in [0.4, 0.5) is 0 Å². The topological polar surface area (TPSA) is 86.1 Å². The van der Waals surface area contributed by atoms with Crippen molar-refractivity contribution in [1.82, 2.24) is 4.90 Å². The summed E-state index contributed by atoms with van der Waals surface area (Å²) in [6.45, 7) is 3.16. The zero-order valence-electron chi connectivity index (χ0n) is 12.6. The van der Waals surface area contributed by atoms with Crippen LogP contribution in [0.5, 0.6) is 0 Å². The third kappa shape index (κ3) is 2.74. The number of carbonyl (C=O) groups excluding carboxylic acids is 3. The number of rotatable bonds is 4. The van der Waals surface area contributed by atoms with E-state index in [9.17, 15) is 14.4 Å². The second-order valence-corrected chi connectivity index (χ2v) is 4.65. The van der Waals surface area contributed by atoms with Gasteiger partial charge in [-0.15, -0.1) is 0 Å². The molecule has 118 valence electrons. The highest BCUT2D eigenvalue weighted by atomic mass is 16.5. The Morgan fingerprint density at radius 3 is 2.59 bits per heavy atom. The Morgan fingerprint density at radius 2 is 2.09 bits per heavy atom. The number of nitrogens with zero attached hydrogens (tertiary/aromatic N) is 1. The maximum absolute atomic E-state index is 12.1. The summed E-state index contributed by atoms with van der Waals surface area (Å²) in [5, 5.41) is 0. The van der Waals surface area contributed by atoms with Crippen LogP contribution < -0.4 is 0 Å². The fourth-order valence-electron chi connectivity index (χ4n) is 2.47. The van der Waals surface area contributed by atoms with E-state index >= 15 is 0 Å². The monoisotopic (exact) mass is 307 g/mol. The summed E-state index contributed by atoms with van der Waals surface area (Å²) < 4.78 is 15.0. The van der Waals surface area contributed by atoms with Gasteiger partial charge < -0.3 is 18.8 Å². The first-order valence-electron chi connectivity index (χ1n) is 6.80. The molecule has 0 saturated carbocycles. The Labute approximate surface area is 127 Å². The van der Waals surface area contributed by atoms with Crippen molar-refractivity contribution in [2.24, 2.45) is 0 Å². The van der Waals surface area contributed by atoms with Crippen molar-refractivity contribution in [2.75, 3.05) is 13.7 Å². The van der Waals surface area contributed by atoms with E-state index in [1.165, 1.54) is 31.3 Å². The van der Waals surface area contributed by atoms with Crippen molar-refractivity contribution in [3.63, 3.8) is 0 Å². The minimum Gasteiger partial charge on any atom is -0.467 e. The van der Waals surface area contributed by atoms with Crippen molar-refractivity contribution in [3.8, 4) is 0 Å². The number of hydrogen-bond acceptors (Lipinski definition) is 6. The van der Waals surface area contributed by atoms with Gasteiger partial charge in [0.25, 0.3) is 0 Å². The third-order valence-electron chi connectivity index (χ3n) is 3.34. The van der Waals surface area contributed by atoms with Crippen molar-refractivity contribution in [1.29, 1.82) is 0 Å². The van der Waals surface area contributed by atoms with Crippen LogP contribution in [0.25, 0.3) is 0 Å². The maximum atomic E-state index is 12.1. The summed E-state index contributed by atoms with van der Waals surface area (Å²) in [4.78, 5) is 37.4. The van der Waals surface area contributed by atoms with Gasteiger partial charge in [0.2, 0.25) is 5.91 Å². The van der Waals surface area contributed by atoms with Crippen LogP contribution >= 0.6 is 0 Å². The normalized spacial score (nSPS) is 20.5. The number of amides is 1. The summed E-state index contributed by atoms with van der Waals surface area (Å²) in [6.07, 6.45) is 2.82. The number of furan rings is 1. The Balaban J connectivity index is 2.48. The molecular formula is C15H17NO6. The molecule has 2 rings (SSSR count). The van der Waals surface area contributed by atoms with Gasteiger partial charge in [-0.1, -0.05) is 0 Å². The molecule has 2 atom stereocenters. The molecule has 0 aliphatic carbocycles. The number of esters is 2. The molecule has 1 amide bonds. The van der Waals surface area contributed by atoms with Gasteiger partial charge in [0.1, 0.15) is 17.8 Å². The predicted octanol–water partition coefficient (Wildman–Crippen LogP) is 1.21. The highest BCUT2D eigenvalue weighted by Crippen LogP contribution is 2.38. The first kappa shape index (κ1) is 15.8.